The predicted molar refractivity (Wildman–Crippen MR) is 137 cm³/mol. The van der Waals surface area contributed by atoms with E-state index in [2.05, 4.69) is 15.9 Å². The monoisotopic (exact) mass is 489 g/mol. The second kappa shape index (κ2) is 10.1. The van der Waals surface area contributed by atoms with Gasteiger partial charge in [0.25, 0.3) is 11.8 Å². The number of benzene rings is 3. The van der Waals surface area contributed by atoms with Crippen LogP contribution in [0.1, 0.15) is 38.8 Å². The van der Waals surface area contributed by atoms with Crippen LogP contribution in [-0.4, -0.2) is 54.4 Å². The lowest BCUT2D eigenvalue weighted by atomic mass is 10.1. The van der Waals surface area contributed by atoms with Gasteiger partial charge in [0, 0.05) is 43.3 Å². The smallest absolute Gasteiger partial charge is 0.263 e. The van der Waals surface area contributed by atoms with Crippen LogP contribution in [0.25, 0.3) is 0 Å². The number of fused-ring (bicyclic) bond motifs is 1. The summed E-state index contributed by atoms with van der Waals surface area (Å²) in [7, 11) is 0. The Labute approximate surface area is 210 Å². The van der Waals surface area contributed by atoms with Crippen LogP contribution < -0.4 is 9.64 Å². The molecule has 3 aromatic rings. The fraction of sp³-hybridized carbons (Fsp3) is 0.286. The predicted octanol–water partition coefficient (Wildman–Crippen LogP) is 4.86. The van der Waals surface area contributed by atoms with E-state index >= 15 is 0 Å². The lowest BCUT2D eigenvalue weighted by molar-refractivity contribution is 0.0642. The van der Waals surface area contributed by atoms with E-state index in [1.54, 1.807) is 18.2 Å². The van der Waals surface area contributed by atoms with Crippen LogP contribution in [0, 0.1) is 0 Å². The number of amides is 2. The number of carbonyl (C=O) groups excluding carboxylic acids is 2. The van der Waals surface area contributed by atoms with Gasteiger partial charge in [-0.05, 0) is 42.8 Å². The third-order valence-electron chi connectivity index (χ3n) is 6.61. The number of hydrogen-bond donors (Lipinski definition) is 0. The highest BCUT2D eigenvalue weighted by Gasteiger charge is 2.38. The van der Waals surface area contributed by atoms with E-state index in [0.717, 1.165) is 49.7 Å². The molecule has 5 rings (SSSR count). The molecular formula is C28H28ClN3O3. The van der Waals surface area contributed by atoms with E-state index in [0.29, 0.717) is 22.8 Å². The van der Waals surface area contributed by atoms with Gasteiger partial charge in [-0.25, -0.2) is 0 Å². The van der Waals surface area contributed by atoms with E-state index in [1.165, 1.54) is 10.5 Å². The maximum absolute atomic E-state index is 13.4. The normalized spacial score (nSPS) is 16.1. The van der Waals surface area contributed by atoms with Crippen molar-refractivity contribution in [2.75, 3.05) is 37.7 Å². The molecule has 0 unspecified atom stereocenters. The summed E-state index contributed by atoms with van der Waals surface area (Å²) in [5.74, 6) is 0.458. The molecule has 6 nitrogen and oxygen atoms in total. The number of halogens is 1. The van der Waals surface area contributed by atoms with E-state index in [-0.39, 0.29) is 18.4 Å². The molecule has 0 radical (unpaired) electrons. The summed E-state index contributed by atoms with van der Waals surface area (Å²) >= 11 is 5.98. The first-order chi connectivity index (χ1) is 17.0. The van der Waals surface area contributed by atoms with Gasteiger partial charge in [0.2, 0.25) is 0 Å². The van der Waals surface area contributed by atoms with Crippen molar-refractivity contribution in [1.82, 2.24) is 9.80 Å². The van der Waals surface area contributed by atoms with Crippen molar-refractivity contribution >= 4 is 29.1 Å². The van der Waals surface area contributed by atoms with Crippen LogP contribution in [0.2, 0.25) is 5.02 Å². The number of ether oxygens (including phenoxy) is 1. The first-order valence-electron chi connectivity index (χ1n) is 12.0. The zero-order valence-electron chi connectivity index (χ0n) is 19.7. The molecule has 0 spiro atoms. The maximum Gasteiger partial charge on any atom is 0.263 e. The topological polar surface area (TPSA) is 53.1 Å². The maximum atomic E-state index is 13.4. The minimum Gasteiger partial charge on any atom is -0.494 e. The van der Waals surface area contributed by atoms with E-state index in [1.807, 2.05) is 49.4 Å². The van der Waals surface area contributed by atoms with Gasteiger partial charge in [0.05, 0.1) is 30.0 Å². The van der Waals surface area contributed by atoms with Crippen molar-refractivity contribution < 1.29 is 14.3 Å². The number of carbonyl (C=O) groups is 2. The fourth-order valence-corrected chi connectivity index (χ4v) is 4.94. The highest BCUT2D eigenvalue weighted by molar-refractivity contribution is 6.30. The van der Waals surface area contributed by atoms with E-state index < -0.39 is 0 Å². The Morgan fingerprint density at radius 2 is 1.57 bits per heavy atom. The number of piperazine rings is 1. The summed E-state index contributed by atoms with van der Waals surface area (Å²) in [5, 5.41) is 0.624. The molecule has 2 aliphatic heterocycles. The van der Waals surface area contributed by atoms with Gasteiger partial charge in [-0.3, -0.25) is 19.4 Å². The summed E-state index contributed by atoms with van der Waals surface area (Å²) < 4.78 is 5.78. The van der Waals surface area contributed by atoms with Crippen LogP contribution in [0.15, 0.2) is 66.7 Å². The molecule has 180 valence electrons. The molecule has 35 heavy (non-hydrogen) atoms. The van der Waals surface area contributed by atoms with Crippen molar-refractivity contribution in [1.29, 1.82) is 0 Å². The zero-order chi connectivity index (χ0) is 24.4. The molecule has 2 aliphatic rings. The molecule has 1 saturated heterocycles. The lowest BCUT2D eigenvalue weighted by Gasteiger charge is -2.37. The highest BCUT2D eigenvalue weighted by Crippen LogP contribution is 2.33. The van der Waals surface area contributed by atoms with E-state index in [9.17, 15) is 9.59 Å². The second-order valence-electron chi connectivity index (χ2n) is 8.83. The molecule has 0 atom stereocenters. The number of hydrogen-bond acceptors (Lipinski definition) is 5. The summed E-state index contributed by atoms with van der Waals surface area (Å²) in [6, 6.07) is 21.0. The number of para-hydroxylation sites is 1. The van der Waals surface area contributed by atoms with Crippen LogP contribution in [0.4, 0.5) is 5.69 Å². The van der Waals surface area contributed by atoms with Crippen molar-refractivity contribution in [2.24, 2.45) is 0 Å². The van der Waals surface area contributed by atoms with Crippen LogP contribution in [0.5, 0.6) is 5.75 Å². The first-order valence-corrected chi connectivity index (χ1v) is 12.3. The van der Waals surface area contributed by atoms with Gasteiger partial charge in [-0.1, -0.05) is 48.0 Å². The standard InChI is InChI=1S/C28H28ClN3O3/c1-2-35-25-9-4-3-6-21(25)19-30-14-16-31(17-15-30)24-8-5-7-23-26(24)28(34)32(27(23)33)18-20-10-12-22(29)13-11-20/h3-13H,2,14-19H2,1H3. The molecule has 7 heteroatoms. The van der Waals surface area contributed by atoms with Gasteiger partial charge < -0.3 is 9.64 Å². The molecule has 2 amide bonds. The molecule has 0 aromatic heterocycles. The third kappa shape index (κ3) is 4.77. The molecule has 0 saturated carbocycles. The first kappa shape index (κ1) is 23.4. The van der Waals surface area contributed by atoms with Crippen LogP contribution in [0.3, 0.4) is 0 Å². The molecule has 0 aliphatic carbocycles. The Morgan fingerprint density at radius 1 is 0.829 bits per heavy atom. The van der Waals surface area contributed by atoms with Crippen molar-refractivity contribution in [3.05, 3.63) is 94.0 Å². The number of imide groups is 1. The fourth-order valence-electron chi connectivity index (χ4n) is 4.81. The Balaban J connectivity index is 1.29. The highest BCUT2D eigenvalue weighted by atomic mass is 35.5. The number of anilines is 1. The quantitative estimate of drug-likeness (QED) is 0.444. The number of rotatable bonds is 7. The minimum absolute atomic E-state index is 0.232. The molecule has 3 aromatic carbocycles. The lowest BCUT2D eigenvalue weighted by Crippen LogP contribution is -2.46. The summed E-state index contributed by atoms with van der Waals surface area (Å²) in [6.07, 6.45) is 0. The Morgan fingerprint density at radius 3 is 2.31 bits per heavy atom. The Bertz CT molecular complexity index is 1240. The molecule has 0 N–H and O–H groups in total. The van der Waals surface area contributed by atoms with Crippen LogP contribution >= 0.6 is 11.6 Å². The molecule has 0 bridgehead atoms. The molecular weight excluding hydrogens is 462 g/mol. The summed E-state index contributed by atoms with van der Waals surface area (Å²) in [6.45, 7) is 6.99. The Hall–Kier alpha value is -3.35. The SMILES string of the molecule is CCOc1ccccc1CN1CCN(c2cccc3c2C(=O)N(Cc2ccc(Cl)cc2)C3=O)CC1. The second-order valence-corrected chi connectivity index (χ2v) is 9.26. The third-order valence-corrected chi connectivity index (χ3v) is 6.86. The summed E-state index contributed by atoms with van der Waals surface area (Å²) in [5.41, 5.74) is 3.89. The minimum atomic E-state index is -0.243. The van der Waals surface area contributed by atoms with Gasteiger partial charge in [0.1, 0.15) is 5.75 Å². The van der Waals surface area contributed by atoms with Crippen LogP contribution in [-0.2, 0) is 13.1 Å². The van der Waals surface area contributed by atoms with Gasteiger partial charge >= 0.3 is 0 Å². The zero-order valence-corrected chi connectivity index (χ0v) is 20.5. The molecule has 1 fully saturated rings. The van der Waals surface area contributed by atoms with Gasteiger partial charge in [0.15, 0.2) is 0 Å². The largest absolute Gasteiger partial charge is 0.494 e. The van der Waals surface area contributed by atoms with Gasteiger partial charge in [-0.15, -0.1) is 0 Å². The van der Waals surface area contributed by atoms with Gasteiger partial charge in [-0.2, -0.15) is 0 Å². The van der Waals surface area contributed by atoms with Crippen molar-refractivity contribution in [3.8, 4) is 5.75 Å². The van der Waals surface area contributed by atoms with Crippen molar-refractivity contribution in [3.63, 3.8) is 0 Å². The average Bonchev–Trinajstić information content (AvgIpc) is 3.12. The molecule has 2 heterocycles. The average molecular weight is 490 g/mol. The van der Waals surface area contributed by atoms with Crippen molar-refractivity contribution in [2.45, 2.75) is 20.0 Å². The van der Waals surface area contributed by atoms with E-state index in [4.69, 9.17) is 16.3 Å². The Kier molecular flexibility index (Phi) is 6.75. The number of nitrogens with zero attached hydrogens (tertiary/aromatic N) is 3. The summed E-state index contributed by atoms with van der Waals surface area (Å²) in [4.78, 5) is 32.4.